The van der Waals surface area contributed by atoms with E-state index in [1.54, 1.807) is 0 Å². The number of halogens is 2. The van der Waals surface area contributed by atoms with Crippen LogP contribution in [0.25, 0.3) is 5.57 Å². The Balaban J connectivity index is 2.71. The van der Waals surface area contributed by atoms with Gasteiger partial charge in [0.15, 0.2) is 0 Å². The summed E-state index contributed by atoms with van der Waals surface area (Å²) < 4.78 is 0.352. The van der Waals surface area contributed by atoms with Crippen molar-refractivity contribution in [3.05, 3.63) is 40.0 Å². The Morgan fingerprint density at radius 2 is 1.84 bits per heavy atom. The molecule has 0 N–H and O–H groups in total. The van der Waals surface area contributed by atoms with Gasteiger partial charge in [0.2, 0.25) is 0 Å². The maximum atomic E-state index is 6.44. The van der Waals surface area contributed by atoms with E-state index < -0.39 is 19.4 Å². The van der Waals surface area contributed by atoms with Crippen LogP contribution in [0.3, 0.4) is 0 Å². The Labute approximate surface area is 132 Å². The van der Waals surface area contributed by atoms with Crippen molar-refractivity contribution in [1.82, 2.24) is 0 Å². The molecule has 1 aliphatic carbocycles. The standard InChI is InChI=1S/C16H21.2ClH.Zr/c1-6-10(2)14-8-7-11(3)15-9-12(4)13(5)16(14)15;;;/h7-10H,6H2,1-5H3;2*1H;/q;;;+2/p-2. The Hall–Kier alpha value is 0.423. The molecule has 0 saturated heterocycles. The van der Waals surface area contributed by atoms with Gasteiger partial charge in [0.1, 0.15) is 0 Å². The first-order chi connectivity index (χ1) is 8.90. The van der Waals surface area contributed by atoms with Gasteiger partial charge in [-0.1, -0.05) is 0 Å². The van der Waals surface area contributed by atoms with Gasteiger partial charge in [0.25, 0.3) is 0 Å². The van der Waals surface area contributed by atoms with Gasteiger partial charge in [-0.15, -0.1) is 0 Å². The number of allylic oxidation sites excluding steroid dienone is 2. The third kappa shape index (κ3) is 2.64. The maximum absolute atomic E-state index is 6.44. The Morgan fingerprint density at radius 3 is 2.37 bits per heavy atom. The van der Waals surface area contributed by atoms with Gasteiger partial charge in [-0.2, -0.15) is 0 Å². The summed E-state index contributed by atoms with van der Waals surface area (Å²) in [5.41, 5.74) is 8.54. The van der Waals surface area contributed by atoms with Crippen molar-refractivity contribution in [2.75, 3.05) is 0 Å². The predicted octanol–water partition coefficient (Wildman–Crippen LogP) is 6.28. The van der Waals surface area contributed by atoms with E-state index >= 15 is 0 Å². The second-order valence-electron chi connectivity index (χ2n) is 5.60. The van der Waals surface area contributed by atoms with E-state index in [-0.39, 0.29) is 0 Å². The molecule has 0 heterocycles. The van der Waals surface area contributed by atoms with Crippen LogP contribution in [-0.4, -0.2) is 0 Å². The molecule has 1 aliphatic rings. The van der Waals surface area contributed by atoms with Crippen LogP contribution in [0.1, 0.15) is 65.9 Å². The van der Waals surface area contributed by atoms with E-state index in [2.05, 4.69) is 46.8 Å². The molecule has 1 aromatic rings. The Morgan fingerprint density at radius 1 is 1.21 bits per heavy atom. The van der Waals surface area contributed by atoms with Crippen LogP contribution in [-0.2, 0) is 19.4 Å². The van der Waals surface area contributed by atoms with Crippen molar-refractivity contribution < 1.29 is 19.4 Å². The van der Waals surface area contributed by atoms with Gasteiger partial charge < -0.3 is 0 Å². The van der Waals surface area contributed by atoms with Gasteiger partial charge in [-0.05, 0) is 0 Å². The van der Waals surface area contributed by atoms with E-state index in [1.807, 2.05) is 0 Å². The SMILES string of the molecule is CCC(C)c1ccc(C)c2c1C(C)=C(C)[CH]2[Zr]([Cl])[Cl]. The number of aryl methyl sites for hydroxylation is 1. The van der Waals surface area contributed by atoms with E-state index in [4.69, 9.17) is 17.0 Å². The summed E-state index contributed by atoms with van der Waals surface area (Å²) in [6, 6.07) is 4.55. The third-order valence-electron chi connectivity index (χ3n) is 4.55. The van der Waals surface area contributed by atoms with Crippen LogP contribution in [0, 0.1) is 6.92 Å². The number of benzene rings is 1. The molecule has 103 valence electrons. The molecule has 2 atom stereocenters. The summed E-state index contributed by atoms with van der Waals surface area (Å²) in [5.74, 6) is 0.591. The average Bonchev–Trinajstić information content (AvgIpc) is 2.64. The molecule has 0 saturated carbocycles. The molecule has 0 radical (unpaired) electrons. The zero-order valence-corrected chi connectivity index (χ0v) is 16.2. The molecule has 2 unspecified atom stereocenters. The van der Waals surface area contributed by atoms with Gasteiger partial charge in [0, 0.05) is 0 Å². The number of hydrogen-bond donors (Lipinski definition) is 0. The average molecular weight is 375 g/mol. The van der Waals surface area contributed by atoms with Gasteiger partial charge in [-0.3, -0.25) is 0 Å². The van der Waals surface area contributed by atoms with Crippen LogP contribution < -0.4 is 0 Å². The second kappa shape index (κ2) is 6.04. The molecule has 19 heavy (non-hydrogen) atoms. The van der Waals surface area contributed by atoms with Crippen LogP contribution in [0.5, 0.6) is 0 Å². The first kappa shape index (κ1) is 15.8. The van der Waals surface area contributed by atoms with Gasteiger partial charge in [-0.25, -0.2) is 0 Å². The molecule has 1 aromatic carbocycles. The van der Waals surface area contributed by atoms with E-state index in [0.29, 0.717) is 9.54 Å². The molecule has 0 amide bonds. The Kier molecular flexibility index (Phi) is 5.03. The first-order valence-electron chi connectivity index (χ1n) is 6.89. The minimum atomic E-state index is -2.34. The van der Waals surface area contributed by atoms with Gasteiger partial charge in [0.05, 0.1) is 0 Å². The van der Waals surface area contributed by atoms with Crippen LogP contribution >= 0.6 is 17.0 Å². The first-order valence-corrected chi connectivity index (χ1v) is 14.6. The third-order valence-corrected chi connectivity index (χ3v) is 9.97. The quantitative estimate of drug-likeness (QED) is 0.583. The summed E-state index contributed by atoms with van der Waals surface area (Å²) in [7, 11) is 12.9. The summed E-state index contributed by atoms with van der Waals surface area (Å²) in [6.45, 7) is 11.2. The molecule has 0 aliphatic heterocycles. The molecule has 0 nitrogen and oxygen atoms in total. The molecule has 0 aromatic heterocycles. The van der Waals surface area contributed by atoms with Crippen LogP contribution in [0.2, 0.25) is 0 Å². The van der Waals surface area contributed by atoms with Gasteiger partial charge >= 0.3 is 133 Å². The zero-order chi connectivity index (χ0) is 14.3. The molecule has 2 rings (SSSR count). The monoisotopic (exact) mass is 373 g/mol. The van der Waals surface area contributed by atoms with Crippen molar-refractivity contribution in [2.45, 2.75) is 50.6 Å². The normalized spacial score (nSPS) is 19.6. The predicted molar refractivity (Wildman–Crippen MR) is 82.6 cm³/mol. The van der Waals surface area contributed by atoms with Crippen LogP contribution in [0.15, 0.2) is 17.7 Å². The molecule has 0 fully saturated rings. The number of rotatable bonds is 3. The fraction of sp³-hybridized carbons (Fsp3) is 0.500. The topological polar surface area (TPSA) is 0 Å². The summed E-state index contributed by atoms with van der Waals surface area (Å²) in [6.07, 6.45) is 1.17. The van der Waals surface area contributed by atoms with Crippen molar-refractivity contribution in [2.24, 2.45) is 0 Å². The van der Waals surface area contributed by atoms with E-state index in [0.717, 1.165) is 0 Å². The Bertz CT molecular complexity index is 532. The van der Waals surface area contributed by atoms with Crippen molar-refractivity contribution in [3.63, 3.8) is 0 Å². The van der Waals surface area contributed by atoms with Crippen molar-refractivity contribution in [3.8, 4) is 0 Å². The molecular weight excluding hydrogens is 354 g/mol. The van der Waals surface area contributed by atoms with E-state index in [1.165, 1.54) is 39.8 Å². The molecule has 3 heteroatoms. The summed E-state index contributed by atoms with van der Waals surface area (Å²) in [4.78, 5) is 0. The fourth-order valence-electron chi connectivity index (χ4n) is 3.06. The summed E-state index contributed by atoms with van der Waals surface area (Å²) >= 11 is -2.34. The van der Waals surface area contributed by atoms with Crippen molar-refractivity contribution in [1.29, 1.82) is 0 Å². The minimum absolute atomic E-state index is 0.352. The van der Waals surface area contributed by atoms with Crippen LogP contribution in [0.4, 0.5) is 0 Å². The van der Waals surface area contributed by atoms with E-state index in [9.17, 15) is 0 Å². The van der Waals surface area contributed by atoms with Crippen molar-refractivity contribution >= 4 is 22.6 Å². The summed E-state index contributed by atoms with van der Waals surface area (Å²) in [5, 5.41) is 0. The molecular formula is C16H21Cl2Zr. The molecule has 0 bridgehead atoms. The fourth-order valence-corrected chi connectivity index (χ4v) is 9.08. The number of hydrogen-bond acceptors (Lipinski definition) is 0. The molecule has 0 spiro atoms. The number of fused-ring (bicyclic) bond motifs is 1. The zero-order valence-electron chi connectivity index (χ0n) is 12.3. The second-order valence-corrected chi connectivity index (χ2v) is 14.4.